The second-order valence-electron chi connectivity index (χ2n) is 4.44. The average Bonchev–Trinajstić information content (AvgIpc) is 3.01. The van der Waals surface area contributed by atoms with Crippen LogP contribution >= 0.6 is 0 Å². The van der Waals surface area contributed by atoms with Gasteiger partial charge in [0.2, 0.25) is 5.88 Å². The molecule has 1 saturated heterocycles. The van der Waals surface area contributed by atoms with E-state index in [0.717, 1.165) is 0 Å². The number of aromatic nitrogens is 4. The summed E-state index contributed by atoms with van der Waals surface area (Å²) in [5, 5.41) is 33.5. The Morgan fingerprint density at radius 1 is 1.35 bits per heavy atom. The number of hydrogen-bond donors (Lipinski definition) is 3. The lowest BCUT2D eigenvalue weighted by molar-refractivity contribution is -0.0566. The molecule has 0 amide bonds. The van der Waals surface area contributed by atoms with Crippen molar-refractivity contribution in [1.82, 2.24) is 19.7 Å². The van der Waals surface area contributed by atoms with E-state index < -0.39 is 31.1 Å². The third kappa shape index (κ3) is 1.83. The Kier molecular flexibility index (Phi) is 3.26. The van der Waals surface area contributed by atoms with E-state index in [-0.39, 0.29) is 0 Å². The molecule has 1 aliphatic rings. The molecule has 0 radical (unpaired) electrons. The second-order valence-corrected chi connectivity index (χ2v) is 4.44. The van der Waals surface area contributed by atoms with Crippen LogP contribution in [0.4, 0.5) is 0 Å². The Morgan fingerprint density at radius 3 is 2.80 bits per heavy atom. The van der Waals surface area contributed by atoms with Crippen LogP contribution in [0.5, 0.6) is 5.88 Å². The summed E-state index contributed by atoms with van der Waals surface area (Å²) >= 11 is 0. The van der Waals surface area contributed by atoms with Gasteiger partial charge in [0.15, 0.2) is 11.9 Å². The van der Waals surface area contributed by atoms with Crippen LogP contribution in [0.15, 0.2) is 12.5 Å². The number of aliphatic hydroxyl groups is 3. The molecule has 3 heterocycles. The topological polar surface area (TPSA) is 123 Å². The van der Waals surface area contributed by atoms with Crippen molar-refractivity contribution in [3.8, 4) is 5.88 Å². The van der Waals surface area contributed by atoms with Gasteiger partial charge in [0, 0.05) is 0 Å². The van der Waals surface area contributed by atoms with Crippen molar-refractivity contribution in [2.45, 2.75) is 24.5 Å². The largest absolute Gasteiger partial charge is 0.480 e. The summed E-state index contributed by atoms with van der Waals surface area (Å²) in [6, 6.07) is 0. The Bertz CT molecular complexity index is 618. The Labute approximate surface area is 113 Å². The van der Waals surface area contributed by atoms with E-state index in [1.165, 1.54) is 24.3 Å². The molecule has 4 atom stereocenters. The van der Waals surface area contributed by atoms with E-state index in [0.29, 0.717) is 16.9 Å². The number of rotatable bonds is 3. The zero-order valence-corrected chi connectivity index (χ0v) is 10.6. The fourth-order valence-corrected chi connectivity index (χ4v) is 2.27. The highest BCUT2D eigenvalue weighted by Gasteiger charge is 2.44. The highest BCUT2D eigenvalue weighted by molar-refractivity contribution is 5.79. The predicted octanol–water partition coefficient (Wildman–Crippen LogP) is -1.55. The molecule has 2 aromatic heterocycles. The zero-order chi connectivity index (χ0) is 14.3. The Morgan fingerprint density at radius 2 is 2.15 bits per heavy atom. The summed E-state index contributed by atoms with van der Waals surface area (Å²) in [5.74, 6) is 0.355. The number of hydrogen-bond acceptors (Lipinski definition) is 8. The first kappa shape index (κ1) is 13.2. The first-order valence-corrected chi connectivity index (χ1v) is 6.02. The first-order chi connectivity index (χ1) is 9.67. The highest BCUT2D eigenvalue weighted by atomic mass is 16.6. The summed E-state index contributed by atoms with van der Waals surface area (Å²) in [4.78, 5) is 8.03. The highest BCUT2D eigenvalue weighted by Crippen LogP contribution is 2.32. The summed E-state index contributed by atoms with van der Waals surface area (Å²) in [5.41, 5.74) is 0.409. The van der Waals surface area contributed by atoms with Crippen molar-refractivity contribution in [2.75, 3.05) is 13.7 Å². The average molecular weight is 282 g/mol. The molecule has 3 N–H and O–H groups in total. The molecule has 3 rings (SSSR count). The standard InChI is InChI=1S/C11H14N4O5/c1-19-10-5-2-14-15(9(5)12-4-13-10)11-8(18)7(17)6(3-16)20-11/h2,4,6-8,11,16-18H,3H2,1H3/t6-,7+,8+,11+/m0/s1. The molecule has 0 saturated carbocycles. The van der Waals surface area contributed by atoms with Crippen LogP contribution in [0.25, 0.3) is 11.0 Å². The molecule has 1 fully saturated rings. The smallest absolute Gasteiger partial charge is 0.227 e. The van der Waals surface area contributed by atoms with E-state index >= 15 is 0 Å². The minimum Gasteiger partial charge on any atom is -0.480 e. The molecular formula is C11H14N4O5. The lowest BCUT2D eigenvalue weighted by atomic mass is 10.1. The van der Waals surface area contributed by atoms with Crippen LogP contribution in [0.3, 0.4) is 0 Å². The minimum absolute atomic E-state index is 0.355. The maximum Gasteiger partial charge on any atom is 0.227 e. The van der Waals surface area contributed by atoms with Gasteiger partial charge in [-0.3, -0.25) is 0 Å². The molecule has 0 bridgehead atoms. The van der Waals surface area contributed by atoms with E-state index in [1.54, 1.807) is 0 Å². The SMILES string of the molecule is COc1ncnc2c1cnn2[C@@H]1O[C@@H](CO)[C@@H](O)[C@H]1O. The third-order valence-corrected chi connectivity index (χ3v) is 3.31. The van der Waals surface area contributed by atoms with Crippen molar-refractivity contribution < 1.29 is 24.8 Å². The second kappa shape index (κ2) is 4.94. The van der Waals surface area contributed by atoms with E-state index in [4.69, 9.17) is 14.6 Å². The van der Waals surface area contributed by atoms with E-state index in [1.807, 2.05) is 0 Å². The van der Waals surface area contributed by atoms with Crippen molar-refractivity contribution in [1.29, 1.82) is 0 Å². The molecule has 0 aliphatic carbocycles. The van der Waals surface area contributed by atoms with Gasteiger partial charge in [0.1, 0.15) is 30.0 Å². The van der Waals surface area contributed by atoms with Gasteiger partial charge < -0.3 is 24.8 Å². The summed E-state index contributed by atoms with van der Waals surface area (Å²) < 4.78 is 11.8. The van der Waals surface area contributed by atoms with Crippen LogP contribution in [0, 0.1) is 0 Å². The molecule has 0 spiro atoms. The van der Waals surface area contributed by atoms with Crippen LogP contribution in [-0.4, -0.2) is 67.1 Å². The number of methoxy groups -OCH3 is 1. The number of aliphatic hydroxyl groups excluding tert-OH is 3. The van der Waals surface area contributed by atoms with Crippen molar-refractivity contribution in [3.63, 3.8) is 0 Å². The molecule has 0 unspecified atom stereocenters. The third-order valence-electron chi connectivity index (χ3n) is 3.31. The minimum atomic E-state index is -1.21. The Hall–Kier alpha value is -1.81. The number of fused-ring (bicyclic) bond motifs is 1. The summed E-state index contributed by atoms with van der Waals surface area (Å²) in [6.45, 7) is -0.397. The summed E-state index contributed by atoms with van der Waals surface area (Å²) in [6.07, 6.45) is -1.40. The van der Waals surface area contributed by atoms with Gasteiger partial charge in [0.25, 0.3) is 0 Å². The summed E-state index contributed by atoms with van der Waals surface area (Å²) in [7, 11) is 1.48. The predicted molar refractivity (Wildman–Crippen MR) is 64.9 cm³/mol. The lowest BCUT2D eigenvalue weighted by Crippen LogP contribution is -2.33. The first-order valence-electron chi connectivity index (χ1n) is 6.02. The van der Waals surface area contributed by atoms with Crippen LogP contribution in [-0.2, 0) is 4.74 Å². The van der Waals surface area contributed by atoms with Gasteiger partial charge in [-0.05, 0) is 0 Å². The Balaban J connectivity index is 2.03. The van der Waals surface area contributed by atoms with Crippen LogP contribution in [0.1, 0.15) is 6.23 Å². The quantitative estimate of drug-likeness (QED) is 0.618. The van der Waals surface area contributed by atoms with Crippen LogP contribution < -0.4 is 4.74 Å². The molecular weight excluding hydrogens is 268 g/mol. The number of ether oxygens (including phenoxy) is 2. The molecule has 2 aromatic rings. The van der Waals surface area contributed by atoms with Gasteiger partial charge in [-0.1, -0.05) is 0 Å². The van der Waals surface area contributed by atoms with Gasteiger partial charge in [0.05, 0.1) is 19.9 Å². The molecule has 9 heteroatoms. The van der Waals surface area contributed by atoms with Gasteiger partial charge in [-0.2, -0.15) is 5.10 Å². The van der Waals surface area contributed by atoms with E-state index in [9.17, 15) is 10.2 Å². The molecule has 0 aromatic carbocycles. The molecule has 1 aliphatic heterocycles. The number of nitrogens with zero attached hydrogens (tertiary/aromatic N) is 4. The monoisotopic (exact) mass is 282 g/mol. The van der Waals surface area contributed by atoms with Crippen LogP contribution in [0.2, 0.25) is 0 Å². The molecule has 108 valence electrons. The fraction of sp³-hybridized carbons (Fsp3) is 0.545. The van der Waals surface area contributed by atoms with E-state index in [2.05, 4.69) is 15.1 Å². The fourth-order valence-electron chi connectivity index (χ4n) is 2.27. The lowest BCUT2D eigenvalue weighted by Gasteiger charge is -2.15. The van der Waals surface area contributed by atoms with Gasteiger partial charge >= 0.3 is 0 Å². The van der Waals surface area contributed by atoms with Crippen molar-refractivity contribution >= 4 is 11.0 Å². The molecule has 9 nitrogen and oxygen atoms in total. The molecule has 20 heavy (non-hydrogen) atoms. The van der Waals surface area contributed by atoms with Gasteiger partial charge in [-0.25, -0.2) is 14.6 Å². The maximum absolute atomic E-state index is 10.00. The normalized spacial score (nSPS) is 30.0. The zero-order valence-electron chi connectivity index (χ0n) is 10.6. The van der Waals surface area contributed by atoms with Crippen molar-refractivity contribution in [3.05, 3.63) is 12.5 Å². The maximum atomic E-state index is 10.00. The van der Waals surface area contributed by atoms with Gasteiger partial charge in [-0.15, -0.1) is 0 Å². The van der Waals surface area contributed by atoms with Crippen molar-refractivity contribution in [2.24, 2.45) is 0 Å².